The summed E-state index contributed by atoms with van der Waals surface area (Å²) in [6, 6.07) is 11.2. The summed E-state index contributed by atoms with van der Waals surface area (Å²) in [5, 5.41) is 3.56. The van der Waals surface area contributed by atoms with E-state index in [9.17, 15) is 14.0 Å². The monoisotopic (exact) mass is 384 g/mol. The van der Waals surface area contributed by atoms with E-state index in [1.807, 2.05) is 0 Å². The van der Waals surface area contributed by atoms with Crippen molar-refractivity contribution in [2.75, 3.05) is 14.2 Å². The second-order valence-electron chi connectivity index (χ2n) is 6.32. The Hall–Kier alpha value is -3.35. The Kier molecular flexibility index (Phi) is 5.93. The van der Waals surface area contributed by atoms with Crippen LogP contribution in [0.1, 0.15) is 17.5 Å². The van der Waals surface area contributed by atoms with Gasteiger partial charge in [-0.3, -0.25) is 9.59 Å². The number of aromatic nitrogens is 1. The second kappa shape index (κ2) is 8.56. The van der Waals surface area contributed by atoms with Crippen LogP contribution in [-0.4, -0.2) is 25.1 Å². The Bertz CT molecular complexity index is 1040. The molecule has 28 heavy (non-hydrogen) atoms. The molecule has 0 unspecified atom stereocenters. The molecule has 0 saturated heterocycles. The largest absolute Gasteiger partial charge is 0.493 e. The summed E-state index contributed by atoms with van der Waals surface area (Å²) < 4.78 is 23.4. The SMILES string of the molecule is COc1cc2cc(CCC(=O)NCc3ccc(F)cc3)c(=O)[nH]c2cc1OC. The molecule has 1 amide bonds. The van der Waals surface area contributed by atoms with E-state index in [-0.39, 0.29) is 23.7 Å². The number of carbonyl (C=O) groups is 1. The summed E-state index contributed by atoms with van der Waals surface area (Å²) in [6.07, 6.45) is 0.470. The number of hydrogen-bond donors (Lipinski definition) is 2. The smallest absolute Gasteiger partial charge is 0.251 e. The number of aromatic amines is 1. The zero-order valence-electron chi connectivity index (χ0n) is 15.7. The van der Waals surface area contributed by atoms with Gasteiger partial charge in [0.2, 0.25) is 5.91 Å². The van der Waals surface area contributed by atoms with Gasteiger partial charge in [0.1, 0.15) is 5.82 Å². The van der Waals surface area contributed by atoms with Gasteiger partial charge in [-0.05, 0) is 36.2 Å². The molecule has 0 radical (unpaired) electrons. The maximum atomic E-state index is 12.9. The topological polar surface area (TPSA) is 80.4 Å². The molecule has 0 aliphatic rings. The molecule has 0 spiro atoms. The molecule has 3 rings (SSSR count). The van der Waals surface area contributed by atoms with Crippen LogP contribution in [0.5, 0.6) is 11.5 Å². The fraction of sp³-hybridized carbons (Fsp3) is 0.238. The number of amides is 1. The van der Waals surface area contributed by atoms with E-state index in [4.69, 9.17) is 9.47 Å². The van der Waals surface area contributed by atoms with E-state index < -0.39 is 0 Å². The number of rotatable bonds is 7. The highest BCUT2D eigenvalue weighted by Crippen LogP contribution is 2.31. The fourth-order valence-corrected chi connectivity index (χ4v) is 2.90. The number of nitrogens with one attached hydrogen (secondary N) is 2. The van der Waals surface area contributed by atoms with Crippen molar-refractivity contribution >= 4 is 16.8 Å². The first-order valence-corrected chi connectivity index (χ1v) is 8.79. The van der Waals surface area contributed by atoms with E-state index in [1.165, 1.54) is 19.2 Å². The molecule has 0 saturated carbocycles. The standard InChI is InChI=1S/C21H21FN2O4/c1-27-18-10-15-9-14(21(26)24-17(15)11-19(18)28-2)5-8-20(25)23-12-13-3-6-16(22)7-4-13/h3-4,6-7,9-11H,5,8,12H2,1-2H3,(H,23,25)(H,24,26). The molecule has 1 aromatic heterocycles. The summed E-state index contributed by atoms with van der Waals surface area (Å²) in [5.41, 5.74) is 1.70. The molecule has 146 valence electrons. The van der Waals surface area contributed by atoms with Crippen molar-refractivity contribution in [3.63, 3.8) is 0 Å². The van der Waals surface area contributed by atoms with Gasteiger partial charge in [0, 0.05) is 30.0 Å². The molecule has 6 nitrogen and oxygen atoms in total. The first-order chi connectivity index (χ1) is 13.5. The molecule has 7 heteroatoms. The molecule has 3 aromatic rings. The van der Waals surface area contributed by atoms with Crippen molar-refractivity contribution in [1.82, 2.24) is 10.3 Å². The lowest BCUT2D eigenvalue weighted by atomic mass is 10.1. The minimum absolute atomic E-state index is 0.170. The Morgan fingerprint density at radius 3 is 2.43 bits per heavy atom. The summed E-state index contributed by atoms with van der Waals surface area (Å²) in [4.78, 5) is 27.2. The van der Waals surface area contributed by atoms with Crippen LogP contribution < -0.4 is 20.3 Å². The minimum Gasteiger partial charge on any atom is -0.493 e. The first kappa shape index (κ1) is 19.4. The number of pyridine rings is 1. The predicted molar refractivity (Wildman–Crippen MR) is 104 cm³/mol. The van der Waals surface area contributed by atoms with Crippen LogP contribution in [0, 0.1) is 5.82 Å². The van der Waals surface area contributed by atoms with Crippen molar-refractivity contribution < 1.29 is 18.7 Å². The highest BCUT2D eigenvalue weighted by molar-refractivity contribution is 5.83. The highest BCUT2D eigenvalue weighted by atomic mass is 19.1. The summed E-state index contributed by atoms with van der Waals surface area (Å²) in [6.45, 7) is 0.310. The molecule has 1 heterocycles. The maximum absolute atomic E-state index is 12.9. The predicted octanol–water partition coefficient (Wildman–Crippen LogP) is 2.93. The Balaban J connectivity index is 1.67. The molecular formula is C21H21FN2O4. The van der Waals surface area contributed by atoms with Crippen molar-refractivity contribution in [2.24, 2.45) is 0 Å². The lowest BCUT2D eigenvalue weighted by Crippen LogP contribution is -2.24. The zero-order chi connectivity index (χ0) is 20.1. The molecule has 0 atom stereocenters. The van der Waals surface area contributed by atoms with Crippen LogP contribution in [0.4, 0.5) is 4.39 Å². The van der Waals surface area contributed by atoms with Gasteiger partial charge in [0.25, 0.3) is 5.56 Å². The maximum Gasteiger partial charge on any atom is 0.251 e. The molecular weight excluding hydrogens is 363 g/mol. The van der Waals surface area contributed by atoms with Crippen LogP contribution in [0.3, 0.4) is 0 Å². The third-order valence-corrected chi connectivity index (χ3v) is 4.45. The minimum atomic E-state index is -0.320. The van der Waals surface area contributed by atoms with Crippen LogP contribution >= 0.6 is 0 Å². The number of aryl methyl sites for hydroxylation is 1. The van der Waals surface area contributed by atoms with Gasteiger partial charge in [-0.25, -0.2) is 4.39 Å². The molecule has 0 fully saturated rings. The van der Waals surface area contributed by atoms with E-state index in [0.717, 1.165) is 10.9 Å². The average molecular weight is 384 g/mol. The molecule has 0 aliphatic heterocycles. The zero-order valence-corrected chi connectivity index (χ0v) is 15.7. The molecule has 0 aliphatic carbocycles. The Morgan fingerprint density at radius 1 is 1.07 bits per heavy atom. The number of methoxy groups -OCH3 is 2. The lowest BCUT2D eigenvalue weighted by molar-refractivity contribution is -0.121. The fourth-order valence-electron chi connectivity index (χ4n) is 2.90. The highest BCUT2D eigenvalue weighted by Gasteiger charge is 2.10. The van der Waals surface area contributed by atoms with Crippen LogP contribution in [0.2, 0.25) is 0 Å². The molecule has 0 bridgehead atoms. The lowest BCUT2D eigenvalue weighted by Gasteiger charge is -2.10. The van der Waals surface area contributed by atoms with E-state index in [0.29, 0.717) is 35.5 Å². The van der Waals surface area contributed by atoms with Crippen LogP contribution in [0.15, 0.2) is 47.3 Å². The van der Waals surface area contributed by atoms with Gasteiger partial charge in [-0.1, -0.05) is 12.1 Å². The summed E-state index contributed by atoms with van der Waals surface area (Å²) in [7, 11) is 3.07. The van der Waals surface area contributed by atoms with Crippen molar-refractivity contribution in [1.29, 1.82) is 0 Å². The third-order valence-electron chi connectivity index (χ3n) is 4.45. The number of fused-ring (bicyclic) bond motifs is 1. The molecule has 2 aromatic carbocycles. The summed E-state index contributed by atoms with van der Waals surface area (Å²) in [5.74, 6) is 0.583. The van der Waals surface area contributed by atoms with Crippen molar-refractivity contribution in [3.8, 4) is 11.5 Å². The van der Waals surface area contributed by atoms with Gasteiger partial charge >= 0.3 is 0 Å². The van der Waals surface area contributed by atoms with E-state index >= 15 is 0 Å². The van der Waals surface area contributed by atoms with Gasteiger partial charge in [-0.15, -0.1) is 0 Å². The quantitative estimate of drug-likeness (QED) is 0.656. The van der Waals surface area contributed by atoms with E-state index in [1.54, 1.807) is 37.4 Å². The number of ether oxygens (including phenoxy) is 2. The first-order valence-electron chi connectivity index (χ1n) is 8.79. The average Bonchev–Trinajstić information content (AvgIpc) is 2.70. The normalized spacial score (nSPS) is 10.7. The van der Waals surface area contributed by atoms with Crippen molar-refractivity contribution in [2.45, 2.75) is 19.4 Å². The Morgan fingerprint density at radius 2 is 1.75 bits per heavy atom. The number of benzene rings is 2. The van der Waals surface area contributed by atoms with Crippen molar-refractivity contribution in [3.05, 3.63) is 69.8 Å². The Labute approximate surface area is 161 Å². The summed E-state index contributed by atoms with van der Waals surface area (Å²) >= 11 is 0. The van der Waals surface area contributed by atoms with Crippen LogP contribution in [-0.2, 0) is 17.8 Å². The third kappa shape index (κ3) is 4.49. The number of H-pyrrole nitrogens is 1. The number of halogens is 1. The second-order valence-corrected chi connectivity index (χ2v) is 6.32. The van der Waals surface area contributed by atoms with Crippen LogP contribution in [0.25, 0.3) is 10.9 Å². The number of hydrogen-bond acceptors (Lipinski definition) is 4. The number of carbonyl (C=O) groups excluding carboxylic acids is 1. The van der Waals surface area contributed by atoms with Gasteiger partial charge < -0.3 is 19.8 Å². The van der Waals surface area contributed by atoms with Gasteiger partial charge in [-0.2, -0.15) is 0 Å². The van der Waals surface area contributed by atoms with Gasteiger partial charge in [0.15, 0.2) is 11.5 Å². The van der Waals surface area contributed by atoms with Gasteiger partial charge in [0.05, 0.1) is 19.7 Å². The molecule has 2 N–H and O–H groups in total. The van der Waals surface area contributed by atoms with E-state index in [2.05, 4.69) is 10.3 Å².